The van der Waals surface area contributed by atoms with E-state index in [1.54, 1.807) is 5.01 Å². The molecule has 1 amide bonds. The van der Waals surface area contributed by atoms with Crippen LogP contribution in [0.5, 0.6) is 0 Å². The number of nitrogens with zero attached hydrogens (tertiary/aromatic N) is 1. The lowest BCUT2D eigenvalue weighted by molar-refractivity contribution is -0.129. The van der Waals surface area contributed by atoms with Crippen LogP contribution >= 0.6 is 0 Å². The van der Waals surface area contributed by atoms with Gasteiger partial charge in [0, 0.05) is 13.1 Å². The summed E-state index contributed by atoms with van der Waals surface area (Å²) in [6.07, 6.45) is 3.30. The van der Waals surface area contributed by atoms with E-state index in [0.717, 1.165) is 25.9 Å². The summed E-state index contributed by atoms with van der Waals surface area (Å²) in [4.78, 5) is 11.2. The van der Waals surface area contributed by atoms with Gasteiger partial charge in [0.05, 0.1) is 0 Å². The van der Waals surface area contributed by atoms with Crippen LogP contribution in [0.15, 0.2) is 12.7 Å². The molecular weight excluding hydrogens is 152 g/mol. The number of hydrogen-bond donors (Lipinski definition) is 1. The predicted octanol–water partition coefficient (Wildman–Crippen LogP) is 1.33. The van der Waals surface area contributed by atoms with Crippen LogP contribution in [0.3, 0.4) is 0 Å². The Morgan fingerprint density at radius 3 is 2.58 bits per heavy atom. The Bertz CT molecular complexity index is 145. The molecule has 0 radical (unpaired) electrons. The molecule has 0 aromatic heterocycles. The normalized spacial score (nSPS) is 9.50. The Hall–Kier alpha value is -0.830. The van der Waals surface area contributed by atoms with Gasteiger partial charge in [-0.15, -0.1) is 0 Å². The SMILES string of the molecule is C=CC(=O)N(CCC)NCCC. The third kappa shape index (κ3) is 4.13. The quantitative estimate of drug-likeness (QED) is 0.481. The average molecular weight is 170 g/mol. The smallest absolute Gasteiger partial charge is 0.260 e. The summed E-state index contributed by atoms with van der Waals surface area (Å²) in [6.45, 7) is 9.12. The molecule has 3 nitrogen and oxygen atoms in total. The van der Waals surface area contributed by atoms with Gasteiger partial charge in [-0.05, 0) is 18.9 Å². The minimum Gasteiger partial charge on any atom is -0.274 e. The van der Waals surface area contributed by atoms with Crippen molar-refractivity contribution in [3.05, 3.63) is 12.7 Å². The first-order chi connectivity index (χ1) is 5.76. The van der Waals surface area contributed by atoms with E-state index in [2.05, 4.69) is 18.9 Å². The third-order valence-corrected chi connectivity index (χ3v) is 1.44. The van der Waals surface area contributed by atoms with E-state index in [0.29, 0.717) is 0 Å². The molecule has 3 heteroatoms. The van der Waals surface area contributed by atoms with Crippen molar-refractivity contribution in [2.75, 3.05) is 13.1 Å². The number of rotatable bonds is 6. The molecule has 0 rings (SSSR count). The largest absolute Gasteiger partial charge is 0.274 e. The summed E-state index contributed by atoms with van der Waals surface area (Å²) >= 11 is 0. The van der Waals surface area contributed by atoms with Crippen LogP contribution in [0.2, 0.25) is 0 Å². The zero-order valence-corrected chi connectivity index (χ0v) is 7.97. The van der Waals surface area contributed by atoms with Crippen LogP contribution in [0, 0.1) is 0 Å². The lowest BCUT2D eigenvalue weighted by Gasteiger charge is -2.20. The van der Waals surface area contributed by atoms with Crippen molar-refractivity contribution in [3.8, 4) is 0 Å². The van der Waals surface area contributed by atoms with Gasteiger partial charge in [-0.2, -0.15) is 0 Å². The highest BCUT2D eigenvalue weighted by molar-refractivity contribution is 5.86. The molecule has 0 unspecified atom stereocenters. The summed E-state index contributed by atoms with van der Waals surface area (Å²) in [5.74, 6) is -0.0506. The standard InChI is InChI=1S/C9H18N2O/c1-4-7-10-11(8-5-2)9(12)6-3/h6,10H,3-5,7-8H2,1-2H3. The average Bonchev–Trinajstić information content (AvgIpc) is 2.11. The zero-order chi connectivity index (χ0) is 9.40. The van der Waals surface area contributed by atoms with Crippen molar-refractivity contribution >= 4 is 5.91 Å². The van der Waals surface area contributed by atoms with Crippen LogP contribution in [0.1, 0.15) is 26.7 Å². The summed E-state index contributed by atoms with van der Waals surface area (Å²) < 4.78 is 0. The molecule has 0 aromatic rings. The molecule has 1 N–H and O–H groups in total. The van der Waals surface area contributed by atoms with Crippen molar-refractivity contribution in [3.63, 3.8) is 0 Å². The topological polar surface area (TPSA) is 32.3 Å². The number of hydrazine groups is 1. The Morgan fingerprint density at radius 2 is 2.17 bits per heavy atom. The second-order valence-electron chi connectivity index (χ2n) is 2.60. The van der Waals surface area contributed by atoms with E-state index < -0.39 is 0 Å². The molecular formula is C9H18N2O. The molecule has 0 spiro atoms. The first-order valence-electron chi connectivity index (χ1n) is 4.43. The Morgan fingerprint density at radius 1 is 1.50 bits per heavy atom. The van der Waals surface area contributed by atoms with E-state index in [1.807, 2.05) is 6.92 Å². The first kappa shape index (κ1) is 11.2. The van der Waals surface area contributed by atoms with Crippen molar-refractivity contribution in [2.45, 2.75) is 26.7 Å². The monoisotopic (exact) mass is 170 g/mol. The van der Waals surface area contributed by atoms with Crippen LogP contribution in [0.25, 0.3) is 0 Å². The van der Waals surface area contributed by atoms with Crippen molar-refractivity contribution < 1.29 is 4.79 Å². The lowest BCUT2D eigenvalue weighted by atomic mass is 10.4. The van der Waals surface area contributed by atoms with Crippen LogP contribution < -0.4 is 5.43 Å². The van der Waals surface area contributed by atoms with Crippen molar-refractivity contribution in [2.24, 2.45) is 0 Å². The van der Waals surface area contributed by atoms with Gasteiger partial charge in [-0.1, -0.05) is 20.4 Å². The number of hydrogen-bond acceptors (Lipinski definition) is 2. The highest BCUT2D eigenvalue weighted by Gasteiger charge is 2.06. The molecule has 0 saturated heterocycles. The van der Waals surface area contributed by atoms with Gasteiger partial charge >= 0.3 is 0 Å². The minimum atomic E-state index is -0.0506. The maximum Gasteiger partial charge on any atom is 0.260 e. The fourth-order valence-electron chi connectivity index (χ4n) is 0.848. The van der Waals surface area contributed by atoms with Gasteiger partial charge < -0.3 is 0 Å². The molecule has 0 bridgehead atoms. The Labute approximate surface area is 74.4 Å². The summed E-state index contributed by atoms with van der Waals surface area (Å²) in [7, 11) is 0. The molecule has 70 valence electrons. The molecule has 0 saturated carbocycles. The second kappa shape index (κ2) is 6.85. The van der Waals surface area contributed by atoms with Crippen molar-refractivity contribution in [1.82, 2.24) is 10.4 Å². The van der Waals surface area contributed by atoms with Gasteiger partial charge in [0.25, 0.3) is 5.91 Å². The van der Waals surface area contributed by atoms with Gasteiger partial charge in [-0.25, -0.2) is 5.43 Å². The third-order valence-electron chi connectivity index (χ3n) is 1.44. The van der Waals surface area contributed by atoms with Gasteiger partial charge in [-0.3, -0.25) is 9.80 Å². The Kier molecular flexibility index (Phi) is 6.38. The van der Waals surface area contributed by atoms with Crippen LogP contribution in [0.4, 0.5) is 0 Å². The highest BCUT2D eigenvalue weighted by Crippen LogP contribution is 1.89. The maximum atomic E-state index is 11.2. The number of nitrogens with one attached hydrogen (secondary N) is 1. The van der Waals surface area contributed by atoms with E-state index in [4.69, 9.17) is 0 Å². The summed E-state index contributed by atoms with van der Waals surface area (Å²) in [6, 6.07) is 0. The minimum absolute atomic E-state index is 0.0506. The number of carbonyl (C=O) groups is 1. The molecule has 0 aliphatic carbocycles. The van der Waals surface area contributed by atoms with Gasteiger partial charge in [0.15, 0.2) is 0 Å². The molecule has 0 aromatic carbocycles. The number of amides is 1. The highest BCUT2D eigenvalue weighted by atomic mass is 16.2. The molecule has 0 aliphatic heterocycles. The van der Waals surface area contributed by atoms with Gasteiger partial charge in [0.2, 0.25) is 0 Å². The fourth-order valence-corrected chi connectivity index (χ4v) is 0.848. The van der Waals surface area contributed by atoms with E-state index in [9.17, 15) is 4.79 Å². The molecule has 0 fully saturated rings. The van der Waals surface area contributed by atoms with E-state index >= 15 is 0 Å². The van der Waals surface area contributed by atoms with E-state index in [1.165, 1.54) is 6.08 Å². The fraction of sp³-hybridized carbons (Fsp3) is 0.667. The molecule has 12 heavy (non-hydrogen) atoms. The Balaban J connectivity index is 3.84. The van der Waals surface area contributed by atoms with Crippen LogP contribution in [-0.2, 0) is 4.79 Å². The van der Waals surface area contributed by atoms with E-state index in [-0.39, 0.29) is 5.91 Å². The first-order valence-corrected chi connectivity index (χ1v) is 4.43. The molecule has 0 atom stereocenters. The zero-order valence-electron chi connectivity index (χ0n) is 7.97. The second-order valence-corrected chi connectivity index (χ2v) is 2.60. The lowest BCUT2D eigenvalue weighted by Crippen LogP contribution is -2.42. The van der Waals surface area contributed by atoms with Crippen molar-refractivity contribution in [1.29, 1.82) is 0 Å². The molecule has 0 aliphatic rings. The molecule has 0 heterocycles. The van der Waals surface area contributed by atoms with Gasteiger partial charge in [0.1, 0.15) is 0 Å². The maximum absolute atomic E-state index is 11.2. The predicted molar refractivity (Wildman–Crippen MR) is 50.5 cm³/mol. The summed E-state index contributed by atoms with van der Waals surface area (Å²) in [5, 5.41) is 1.61. The summed E-state index contributed by atoms with van der Waals surface area (Å²) in [5.41, 5.74) is 3.03. The number of carbonyl (C=O) groups excluding carboxylic acids is 1. The van der Waals surface area contributed by atoms with Crippen LogP contribution in [-0.4, -0.2) is 24.0 Å².